The van der Waals surface area contributed by atoms with Crippen LogP contribution < -0.4 is 0 Å². The second-order valence-corrected chi connectivity index (χ2v) is 5.47. The van der Waals surface area contributed by atoms with Crippen molar-refractivity contribution in [3.05, 3.63) is 0 Å². The lowest BCUT2D eigenvalue weighted by Gasteiger charge is -2.42. The predicted octanol–water partition coefficient (Wildman–Crippen LogP) is 1.11. The highest BCUT2D eigenvalue weighted by Crippen LogP contribution is 2.19. The Balaban J connectivity index is 1.92. The summed E-state index contributed by atoms with van der Waals surface area (Å²) in [5, 5.41) is 0. The van der Waals surface area contributed by atoms with E-state index in [0.717, 1.165) is 39.1 Å². The Bertz CT molecular complexity index is 275. The van der Waals surface area contributed by atoms with E-state index in [0.29, 0.717) is 12.1 Å². The van der Waals surface area contributed by atoms with E-state index in [2.05, 4.69) is 25.7 Å². The maximum Gasteiger partial charge on any atom is 0.252 e. The van der Waals surface area contributed by atoms with E-state index < -0.39 is 0 Å². The van der Waals surface area contributed by atoms with Crippen LogP contribution in [0.1, 0.15) is 33.6 Å². The molecule has 2 atom stereocenters. The van der Waals surface area contributed by atoms with Gasteiger partial charge in [0.05, 0.1) is 0 Å². The molecule has 0 N–H and O–H groups in total. The highest BCUT2D eigenvalue weighted by molar-refractivity contribution is 5.81. The van der Waals surface area contributed by atoms with Gasteiger partial charge in [0.15, 0.2) is 0 Å². The van der Waals surface area contributed by atoms with Gasteiger partial charge in [0.25, 0.3) is 5.91 Å². The van der Waals surface area contributed by atoms with Crippen LogP contribution in [0.2, 0.25) is 0 Å². The summed E-state index contributed by atoms with van der Waals surface area (Å²) in [6.07, 6.45) is 1.76. The number of ether oxygens (including phenoxy) is 1. The van der Waals surface area contributed by atoms with Crippen LogP contribution in [0.15, 0.2) is 0 Å². The molecule has 0 aromatic carbocycles. The summed E-state index contributed by atoms with van der Waals surface area (Å²) >= 11 is 0. The summed E-state index contributed by atoms with van der Waals surface area (Å²) in [5.74, 6) is 0.207. The van der Waals surface area contributed by atoms with E-state index in [9.17, 15) is 4.79 Å². The van der Waals surface area contributed by atoms with E-state index in [1.165, 1.54) is 0 Å². The Labute approximate surface area is 104 Å². The van der Waals surface area contributed by atoms with Gasteiger partial charge in [-0.2, -0.15) is 0 Å². The molecule has 0 saturated carbocycles. The highest BCUT2D eigenvalue weighted by Gasteiger charge is 2.34. The Kier molecular flexibility index (Phi) is 4.05. The van der Waals surface area contributed by atoms with Crippen LogP contribution in [-0.4, -0.2) is 60.1 Å². The molecule has 1 amide bonds. The Hall–Kier alpha value is -0.610. The van der Waals surface area contributed by atoms with E-state index in [-0.39, 0.29) is 12.0 Å². The Morgan fingerprint density at radius 3 is 2.65 bits per heavy atom. The first kappa shape index (κ1) is 12.8. The topological polar surface area (TPSA) is 32.8 Å². The maximum absolute atomic E-state index is 12.3. The number of carbonyl (C=O) groups excluding carboxylic acids is 1. The third-order valence-corrected chi connectivity index (χ3v) is 3.88. The van der Waals surface area contributed by atoms with Crippen LogP contribution in [0.4, 0.5) is 0 Å². The number of hydrogen-bond donors (Lipinski definition) is 0. The second kappa shape index (κ2) is 5.36. The lowest BCUT2D eigenvalue weighted by molar-refractivity contribution is -0.145. The van der Waals surface area contributed by atoms with Crippen LogP contribution in [0, 0.1) is 0 Å². The highest BCUT2D eigenvalue weighted by atomic mass is 16.5. The SMILES string of the molecule is CC(C)N1CCN(C(=O)[C@@H]2CCCO2)[C@@H](C)C1. The molecule has 98 valence electrons. The third kappa shape index (κ3) is 2.80. The van der Waals surface area contributed by atoms with Gasteiger partial charge in [-0.3, -0.25) is 9.69 Å². The standard InChI is InChI=1S/C13H24N2O2/c1-10(2)14-6-7-15(11(3)9-14)13(16)12-5-4-8-17-12/h10-12H,4-9H2,1-3H3/t11-,12-/m0/s1. The fraction of sp³-hybridized carbons (Fsp3) is 0.923. The molecule has 0 aliphatic carbocycles. The van der Waals surface area contributed by atoms with Crippen molar-refractivity contribution in [1.82, 2.24) is 9.80 Å². The van der Waals surface area contributed by atoms with Crippen LogP contribution in [0.25, 0.3) is 0 Å². The van der Waals surface area contributed by atoms with Gasteiger partial charge >= 0.3 is 0 Å². The number of amides is 1. The first-order chi connectivity index (χ1) is 8.09. The molecule has 4 heteroatoms. The van der Waals surface area contributed by atoms with Crippen LogP contribution in [0.3, 0.4) is 0 Å². The molecule has 0 spiro atoms. The minimum Gasteiger partial charge on any atom is -0.368 e. The van der Waals surface area contributed by atoms with Gasteiger partial charge in [0.1, 0.15) is 6.10 Å². The van der Waals surface area contributed by atoms with Gasteiger partial charge < -0.3 is 9.64 Å². The lowest BCUT2D eigenvalue weighted by atomic mass is 10.1. The Morgan fingerprint density at radius 2 is 2.12 bits per heavy atom. The fourth-order valence-corrected chi connectivity index (χ4v) is 2.74. The molecule has 2 aliphatic heterocycles. The zero-order valence-electron chi connectivity index (χ0n) is 11.2. The molecule has 4 nitrogen and oxygen atoms in total. The quantitative estimate of drug-likeness (QED) is 0.725. The smallest absolute Gasteiger partial charge is 0.252 e. The van der Waals surface area contributed by atoms with E-state index in [1.54, 1.807) is 0 Å². The minimum absolute atomic E-state index is 0.164. The van der Waals surface area contributed by atoms with Crippen LogP contribution >= 0.6 is 0 Å². The van der Waals surface area contributed by atoms with Gasteiger partial charge in [-0.25, -0.2) is 0 Å². The molecule has 2 aliphatic rings. The fourth-order valence-electron chi connectivity index (χ4n) is 2.74. The van der Waals surface area contributed by atoms with Gasteiger partial charge in [-0.1, -0.05) is 0 Å². The zero-order valence-corrected chi connectivity index (χ0v) is 11.2. The molecule has 0 unspecified atom stereocenters. The van der Waals surface area contributed by atoms with Crippen molar-refractivity contribution in [1.29, 1.82) is 0 Å². The first-order valence-corrected chi connectivity index (χ1v) is 6.75. The number of piperazine rings is 1. The van der Waals surface area contributed by atoms with Crippen LogP contribution in [0.5, 0.6) is 0 Å². The van der Waals surface area contributed by atoms with Crippen molar-refractivity contribution in [2.24, 2.45) is 0 Å². The number of nitrogens with zero attached hydrogens (tertiary/aromatic N) is 2. The summed E-state index contributed by atoms with van der Waals surface area (Å²) in [6, 6.07) is 0.875. The van der Waals surface area contributed by atoms with Gasteiger partial charge in [-0.15, -0.1) is 0 Å². The molecule has 0 radical (unpaired) electrons. The molecule has 2 heterocycles. The molecule has 17 heavy (non-hydrogen) atoms. The van der Waals surface area contributed by atoms with Crippen molar-refractivity contribution >= 4 is 5.91 Å². The number of hydrogen-bond acceptors (Lipinski definition) is 3. The summed E-state index contributed by atoms with van der Waals surface area (Å²) in [4.78, 5) is 16.7. The van der Waals surface area contributed by atoms with Crippen molar-refractivity contribution in [2.45, 2.75) is 51.8 Å². The van der Waals surface area contributed by atoms with E-state index >= 15 is 0 Å². The normalized spacial score (nSPS) is 31.2. The second-order valence-electron chi connectivity index (χ2n) is 5.47. The minimum atomic E-state index is -0.164. The van der Waals surface area contributed by atoms with Gasteiger partial charge in [0, 0.05) is 38.3 Å². The van der Waals surface area contributed by atoms with Crippen LogP contribution in [-0.2, 0) is 9.53 Å². The average molecular weight is 240 g/mol. The molecule has 0 aromatic rings. The summed E-state index contributed by atoms with van der Waals surface area (Å²) in [5.41, 5.74) is 0. The number of carbonyl (C=O) groups is 1. The van der Waals surface area contributed by atoms with E-state index in [1.807, 2.05) is 4.90 Å². The largest absolute Gasteiger partial charge is 0.368 e. The maximum atomic E-state index is 12.3. The van der Waals surface area contributed by atoms with Crippen molar-refractivity contribution in [3.63, 3.8) is 0 Å². The molecule has 0 bridgehead atoms. The summed E-state index contributed by atoms with van der Waals surface area (Å²) in [6.45, 7) is 10.1. The number of rotatable bonds is 2. The van der Waals surface area contributed by atoms with E-state index in [4.69, 9.17) is 4.74 Å². The predicted molar refractivity (Wildman–Crippen MR) is 66.9 cm³/mol. The zero-order chi connectivity index (χ0) is 12.4. The van der Waals surface area contributed by atoms with Gasteiger partial charge in [0.2, 0.25) is 0 Å². The van der Waals surface area contributed by atoms with Crippen molar-refractivity contribution in [2.75, 3.05) is 26.2 Å². The Morgan fingerprint density at radius 1 is 1.35 bits per heavy atom. The summed E-state index contributed by atoms with van der Waals surface area (Å²) in [7, 11) is 0. The molecule has 2 saturated heterocycles. The van der Waals surface area contributed by atoms with Crippen molar-refractivity contribution in [3.8, 4) is 0 Å². The third-order valence-electron chi connectivity index (χ3n) is 3.88. The molecular formula is C13H24N2O2. The van der Waals surface area contributed by atoms with Gasteiger partial charge in [-0.05, 0) is 33.6 Å². The molecule has 2 fully saturated rings. The first-order valence-electron chi connectivity index (χ1n) is 6.75. The molecule has 2 rings (SSSR count). The molecule has 0 aromatic heterocycles. The lowest BCUT2D eigenvalue weighted by Crippen LogP contribution is -2.57. The summed E-state index contributed by atoms with van der Waals surface area (Å²) < 4.78 is 5.49. The van der Waals surface area contributed by atoms with Crippen molar-refractivity contribution < 1.29 is 9.53 Å². The average Bonchev–Trinajstić information content (AvgIpc) is 2.81. The monoisotopic (exact) mass is 240 g/mol. The molecular weight excluding hydrogens is 216 g/mol.